The number of carbonyl (C=O) groups excluding carboxylic acids is 1. The summed E-state index contributed by atoms with van der Waals surface area (Å²) in [5.74, 6) is 0.00221. The van der Waals surface area contributed by atoms with Gasteiger partial charge in [-0.2, -0.15) is 0 Å². The number of nitrogens with one attached hydrogen (secondary N) is 1. The third kappa shape index (κ3) is 3.20. The van der Waals surface area contributed by atoms with Gasteiger partial charge in [-0.05, 0) is 17.5 Å². The van der Waals surface area contributed by atoms with Gasteiger partial charge >= 0.3 is 0 Å². The molecule has 0 spiro atoms. The number of pyridine rings is 1. The molecule has 0 bridgehead atoms. The van der Waals surface area contributed by atoms with Crippen molar-refractivity contribution in [2.45, 2.75) is 13.0 Å². The summed E-state index contributed by atoms with van der Waals surface area (Å²) >= 11 is 3.13. The highest BCUT2D eigenvalue weighted by molar-refractivity contribution is 8.16. The van der Waals surface area contributed by atoms with Crippen LogP contribution >= 0.6 is 23.1 Å². The number of thioether (sulfide) groups is 1. The number of fused-ring (bicyclic) bond motifs is 1. The van der Waals surface area contributed by atoms with Gasteiger partial charge in [-0.1, -0.05) is 17.8 Å². The maximum absolute atomic E-state index is 12.2. The average molecular weight is 357 g/mol. The number of carbonyl (C=O) groups is 1. The highest BCUT2D eigenvalue weighted by Gasteiger charge is 2.27. The minimum atomic E-state index is 0.00221. The lowest BCUT2D eigenvalue weighted by Gasteiger charge is -2.15. The van der Waals surface area contributed by atoms with Crippen molar-refractivity contribution < 1.29 is 4.79 Å². The quantitative estimate of drug-likeness (QED) is 0.890. The fraction of sp³-hybridized carbons (Fsp3) is 0.250. The Morgan fingerprint density at radius 3 is 3.21 bits per heavy atom. The van der Waals surface area contributed by atoms with E-state index in [1.165, 1.54) is 11.3 Å². The Bertz CT molecular complexity index is 815. The van der Waals surface area contributed by atoms with Crippen LogP contribution in [0.4, 0.5) is 0 Å². The van der Waals surface area contributed by atoms with E-state index in [2.05, 4.69) is 25.2 Å². The predicted molar refractivity (Wildman–Crippen MR) is 96.5 cm³/mol. The van der Waals surface area contributed by atoms with E-state index in [9.17, 15) is 4.79 Å². The Balaban J connectivity index is 1.32. The van der Waals surface area contributed by atoms with Crippen molar-refractivity contribution in [1.29, 1.82) is 0 Å². The topological polar surface area (TPSA) is 70.5 Å². The van der Waals surface area contributed by atoms with Crippen LogP contribution in [0, 0.1) is 0 Å². The van der Waals surface area contributed by atoms with Crippen molar-refractivity contribution in [2.75, 3.05) is 13.1 Å². The zero-order valence-electron chi connectivity index (χ0n) is 12.8. The van der Waals surface area contributed by atoms with Gasteiger partial charge in [0.2, 0.25) is 5.91 Å². The number of aromatic nitrogens is 2. The highest BCUT2D eigenvalue weighted by Crippen LogP contribution is 2.30. The molecule has 122 valence electrons. The first-order valence-electron chi connectivity index (χ1n) is 7.60. The van der Waals surface area contributed by atoms with Crippen molar-refractivity contribution in [2.24, 2.45) is 4.99 Å². The number of rotatable bonds is 5. The summed E-state index contributed by atoms with van der Waals surface area (Å²) in [6.07, 6.45) is 2.13. The molecule has 2 aromatic heterocycles. The maximum atomic E-state index is 12.2. The van der Waals surface area contributed by atoms with Crippen molar-refractivity contribution >= 4 is 34.2 Å². The monoisotopic (exact) mass is 357 g/mol. The summed E-state index contributed by atoms with van der Waals surface area (Å²) in [6, 6.07) is 5.75. The van der Waals surface area contributed by atoms with Crippen LogP contribution in [0.5, 0.6) is 0 Å². The van der Waals surface area contributed by atoms with Gasteiger partial charge in [-0.3, -0.25) is 14.8 Å². The molecular formula is C16H15N5OS2. The van der Waals surface area contributed by atoms with E-state index in [1.807, 2.05) is 29.0 Å². The SMILES string of the molecule is O=C(CC1=CSC2=NCCN12)NCc1csc(-c2ccccn2)n1. The first kappa shape index (κ1) is 15.3. The lowest BCUT2D eigenvalue weighted by molar-refractivity contribution is -0.120. The van der Waals surface area contributed by atoms with Gasteiger partial charge in [0, 0.05) is 23.8 Å². The van der Waals surface area contributed by atoms with E-state index in [-0.39, 0.29) is 5.91 Å². The molecule has 2 aromatic rings. The second kappa shape index (κ2) is 6.74. The first-order chi connectivity index (χ1) is 11.8. The standard InChI is InChI=1S/C16H15N5OS2/c22-14(7-12-10-24-16-18-5-6-21(12)16)19-8-11-9-23-15(20-11)13-3-1-2-4-17-13/h1-4,9-10H,5-8H2,(H,19,22). The smallest absolute Gasteiger partial charge is 0.226 e. The largest absolute Gasteiger partial charge is 0.350 e. The summed E-state index contributed by atoms with van der Waals surface area (Å²) < 4.78 is 0. The molecule has 0 radical (unpaired) electrons. The minimum Gasteiger partial charge on any atom is -0.350 e. The van der Waals surface area contributed by atoms with Crippen molar-refractivity contribution in [3.63, 3.8) is 0 Å². The Morgan fingerprint density at radius 2 is 2.33 bits per heavy atom. The summed E-state index contributed by atoms with van der Waals surface area (Å²) in [5, 5.41) is 8.79. The van der Waals surface area contributed by atoms with E-state index in [0.29, 0.717) is 13.0 Å². The van der Waals surface area contributed by atoms with Gasteiger partial charge in [0.1, 0.15) is 5.01 Å². The molecule has 1 amide bonds. The molecule has 0 aliphatic carbocycles. The fourth-order valence-electron chi connectivity index (χ4n) is 2.53. The number of nitrogens with zero attached hydrogens (tertiary/aromatic N) is 4. The summed E-state index contributed by atoms with van der Waals surface area (Å²) in [7, 11) is 0. The van der Waals surface area contributed by atoms with Crippen LogP contribution in [0.1, 0.15) is 12.1 Å². The van der Waals surface area contributed by atoms with Crippen molar-refractivity contribution in [3.05, 3.63) is 46.6 Å². The molecule has 8 heteroatoms. The van der Waals surface area contributed by atoms with E-state index < -0.39 is 0 Å². The van der Waals surface area contributed by atoms with Gasteiger partial charge in [0.05, 0.1) is 30.9 Å². The van der Waals surface area contributed by atoms with Gasteiger partial charge in [-0.15, -0.1) is 11.3 Å². The van der Waals surface area contributed by atoms with Crippen LogP contribution in [0.3, 0.4) is 0 Å². The van der Waals surface area contributed by atoms with Gasteiger partial charge < -0.3 is 10.2 Å². The Morgan fingerprint density at radius 1 is 1.38 bits per heavy atom. The molecule has 6 nitrogen and oxygen atoms in total. The van der Waals surface area contributed by atoms with E-state index in [4.69, 9.17) is 0 Å². The van der Waals surface area contributed by atoms with Crippen LogP contribution in [-0.4, -0.2) is 39.0 Å². The van der Waals surface area contributed by atoms with Gasteiger partial charge in [0.15, 0.2) is 5.17 Å². The van der Waals surface area contributed by atoms with E-state index in [1.54, 1.807) is 18.0 Å². The molecule has 4 heterocycles. The molecule has 24 heavy (non-hydrogen) atoms. The van der Waals surface area contributed by atoms with Gasteiger partial charge in [0.25, 0.3) is 0 Å². The van der Waals surface area contributed by atoms with Crippen LogP contribution in [0.25, 0.3) is 10.7 Å². The summed E-state index contributed by atoms with van der Waals surface area (Å²) in [6.45, 7) is 2.13. The molecule has 0 unspecified atom stereocenters. The maximum Gasteiger partial charge on any atom is 0.226 e. The number of hydrogen-bond acceptors (Lipinski definition) is 7. The third-order valence-electron chi connectivity index (χ3n) is 3.69. The molecule has 0 atom stereocenters. The zero-order chi connectivity index (χ0) is 16.4. The first-order valence-corrected chi connectivity index (χ1v) is 9.36. The molecule has 0 fully saturated rings. The number of aliphatic imine (C=N–C) groups is 1. The second-order valence-electron chi connectivity index (χ2n) is 5.36. The van der Waals surface area contributed by atoms with Crippen LogP contribution in [-0.2, 0) is 11.3 Å². The Kier molecular flexibility index (Phi) is 4.31. The number of amidine groups is 1. The minimum absolute atomic E-state index is 0.00221. The molecule has 0 aromatic carbocycles. The van der Waals surface area contributed by atoms with E-state index in [0.717, 1.165) is 40.3 Å². The summed E-state index contributed by atoms with van der Waals surface area (Å²) in [5.41, 5.74) is 2.74. The second-order valence-corrected chi connectivity index (χ2v) is 7.05. The fourth-order valence-corrected chi connectivity index (χ4v) is 4.28. The molecule has 2 aliphatic rings. The Labute approximate surface area is 147 Å². The number of thiazole rings is 1. The lowest BCUT2D eigenvalue weighted by atomic mass is 10.3. The zero-order valence-corrected chi connectivity index (χ0v) is 14.4. The lowest BCUT2D eigenvalue weighted by Crippen LogP contribution is -2.28. The van der Waals surface area contributed by atoms with Crippen LogP contribution in [0.2, 0.25) is 0 Å². The molecule has 0 saturated heterocycles. The van der Waals surface area contributed by atoms with Crippen LogP contribution in [0.15, 0.2) is 45.9 Å². The van der Waals surface area contributed by atoms with Crippen LogP contribution < -0.4 is 5.32 Å². The number of hydrogen-bond donors (Lipinski definition) is 1. The molecular weight excluding hydrogens is 342 g/mol. The number of amides is 1. The predicted octanol–water partition coefficient (Wildman–Crippen LogP) is 2.47. The molecule has 0 saturated carbocycles. The Hall–Kier alpha value is -2.19. The highest BCUT2D eigenvalue weighted by atomic mass is 32.2. The normalized spacial score (nSPS) is 15.9. The van der Waals surface area contributed by atoms with Gasteiger partial charge in [-0.25, -0.2) is 4.98 Å². The van der Waals surface area contributed by atoms with E-state index >= 15 is 0 Å². The molecule has 1 N–H and O–H groups in total. The van der Waals surface area contributed by atoms with Crippen molar-refractivity contribution in [1.82, 2.24) is 20.2 Å². The van der Waals surface area contributed by atoms with Crippen molar-refractivity contribution in [3.8, 4) is 10.7 Å². The third-order valence-corrected chi connectivity index (χ3v) is 5.56. The molecule has 2 aliphatic heterocycles. The molecule has 4 rings (SSSR count). The average Bonchev–Trinajstić information content (AvgIpc) is 3.32. The summed E-state index contributed by atoms with van der Waals surface area (Å²) in [4.78, 5) is 27.5.